The van der Waals surface area contributed by atoms with E-state index in [-0.39, 0.29) is 11.9 Å². The molecule has 1 aromatic carbocycles. The molecule has 0 radical (unpaired) electrons. The first-order chi connectivity index (χ1) is 11.5. The molecule has 1 N–H and O–H groups in total. The van der Waals surface area contributed by atoms with Crippen molar-refractivity contribution in [1.29, 1.82) is 0 Å². The minimum atomic E-state index is -0.289. The van der Waals surface area contributed by atoms with Crippen LogP contribution >= 0.6 is 11.6 Å². The topological polar surface area (TPSA) is 65.4 Å². The van der Waals surface area contributed by atoms with Gasteiger partial charge in [0.15, 0.2) is 11.5 Å². The van der Waals surface area contributed by atoms with Gasteiger partial charge in [0, 0.05) is 11.6 Å². The third kappa shape index (κ3) is 3.82. The molecule has 0 fully saturated rings. The van der Waals surface area contributed by atoms with E-state index >= 15 is 0 Å². The van der Waals surface area contributed by atoms with Crippen molar-refractivity contribution in [2.75, 3.05) is 19.0 Å². The fourth-order valence-electron chi connectivity index (χ4n) is 2.26. The van der Waals surface area contributed by atoms with Gasteiger partial charge in [-0.3, -0.25) is 4.79 Å². The smallest absolute Gasteiger partial charge is 0.257 e. The summed E-state index contributed by atoms with van der Waals surface area (Å²) in [6.07, 6.45) is 2.57. The number of benzene rings is 1. The lowest BCUT2D eigenvalue weighted by Gasteiger charge is -2.15. The van der Waals surface area contributed by atoms with Gasteiger partial charge in [0.2, 0.25) is 0 Å². The molecule has 24 heavy (non-hydrogen) atoms. The van der Waals surface area contributed by atoms with Gasteiger partial charge in [0.1, 0.15) is 5.82 Å². The van der Waals surface area contributed by atoms with Crippen molar-refractivity contribution in [3.8, 4) is 11.5 Å². The van der Waals surface area contributed by atoms with Crippen molar-refractivity contribution in [2.45, 2.75) is 33.2 Å². The lowest BCUT2D eigenvalue weighted by atomic mass is 10.2. The molecule has 1 unspecified atom stereocenters. The molecule has 0 spiro atoms. The van der Waals surface area contributed by atoms with Crippen LogP contribution in [0.3, 0.4) is 0 Å². The highest BCUT2D eigenvalue weighted by Gasteiger charge is 2.17. The molecule has 7 heteroatoms. The molecule has 0 aliphatic heterocycles. The van der Waals surface area contributed by atoms with Crippen LogP contribution in [0.4, 0.5) is 5.82 Å². The number of anilines is 1. The number of nitrogens with one attached hydrogen (secondary N) is 1. The number of methoxy groups -OCH3 is 1. The van der Waals surface area contributed by atoms with E-state index in [1.807, 2.05) is 13.8 Å². The summed E-state index contributed by atoms with van der Waals surface area (Å²) in [7, 11) is 1.51. The summed E-state index contributed by atoms with van der Waals surface area (Å²) in [5.41, 5.74) is 0.386. The second kappa shape index (κ2) is 8.06. The zero-order valence-electron chi connectivity index (χ0n) is 14.3. The molecule has 2 rings (SSSR count). The number of hydrogen-bond donors (Lipinski definition) is 1. The quantitative estimate of drug-likeness (QED) is 0.813. The summed E-state index contributed by atoms with van der Waals surface area (Å²) in [5.74, 6) is 1.20. The van der Waals surface area contributed by atoms with Gasteiger partial charge in [-0.05, 0) is 32.4 Å². The Morgan fingerprint density at radius 2 is 2.17 bits per heavy atom. The number of nitrogens with zero attached hydrogens (tertiary/aromatic N) is 2. The van der Waals surface area contributed by atoms with Crippen LogP contribution in [0.25, 0.3) is 0 Å². The first-order valence-electron chi connectivity index (χ1n) is 7.86. The highest BCUT2D eigenvalue weighted by atomic mass is 35.5. The molecule has 130 valence electrons. The largest absolute Gasteiger partial charge is 0.493 e. The monoisotopic (exact) mass is 351 g/mol. The van der Waals surface area contributed by atoms with E-state index < -0.39 is 0 Å². The SMILES string of the molecule is CCOc1c(Cl)cc(C(=O)Nc2ccnn2C(C)CC)cc1OC. The molecule has 1 aromatic heterocycles. The van der Waals surface area contributed by atoms with Crippen LogP contribution in [0.2, 0.25) is 5.02 Å². The number of rotatable bonds is 7. The third-order valence-electron chi connectivity index (χ3n) is 3.70. The highest BCUT2D eigenvalue weighted by Crippen LogP contribution is 2.36. The predicted octanol–water partition coefficient (Wildman–Crippen LogP) is 4.17. The average molecular weight is 352 g/mol. The van der Waals surface area contributed by atoms with E-state index in [0.717, 1.165) is 6.42 Å². The molecule has 0 aliphatic carbocycles. The van der Waals surface area contributed by atoms with E-state index in [0.29, 0.717) is 34.5 Å². The van der Waals surface area contributed by atoms with Crippen LogP contribution in [0, 0.1) is 0 Å². The van der Waals surface area contributed by atoms with E-state index in [4.69, 9.17) is 21.1 Å². The van der Waals surface area contributed by atoms with E-state index in [1.54, 1.807) is 29.1 Å². The Kier molecular flexibility index (Phi) is 6.09. The van der Waals surface area contributed by atoms with Gasteiger partial charge < -0.3 is 14.8 Å². The Labute approximate surface area is 146 Å². The molecule has 0 bridgehead atoms. The molecular formula is C17H22ClN3O3. The Balaban J connectivity index is 2.28. The lowest BCUT2D eigenvalue weighted by molar-refractivity contribution is 0.102. The van der Waals surface area contributed by atoms with Crippen molar-refractivity contribution < 1.29 is 14.3 Å². The molecule has 0 aliphatic rings. The highest BCUT2D eigenvalue weighted by molar-refractivity contribution is 6.32. The van der Waals surface area contributed by atoms with Crippen molar-refractivity contribution >= 4 is 23.3 Å². The summed E-state index contributed by atoms with van der Waals surface area (Å²) >= 11 is 6.22. The summed E-state index contributed by atoms with van der Waals surface area (Å²) in [6.45, 7) is 6.41. The van der Waals surface area contributed by atoms with Crippen LogP contribution < -0.4 is 14.8 Å². The summed E-state index contributed by atoms with van der Waals surface area (Å²) < 4.78 is 12.5. The Morgan fingerprint density at radius 1 is 1.42 bits per heavy atom. The zero-order valence-corrected chi connectivity index (χ0v) is 15.1. The lowest BCUT2D eigenvalue weighted by Crippen LogP contribution is -2.17. The van der Waals surface area contributed by atoms with Gasteiger partial charge in [-0.2, -0.15) is 5.10 Å². The molecule has 1 amide bonds. The fourth-order valence-corrected chi connectivity index (χ4v) is 2.53. The van der Waals surface area contributed by atoms with Gasteiger partial charge in [0.25, 0.3) is 5.91 Å². The molecular weight excluding hydrogens is 330 g/mol. The maximum atomic E-state index is 12.6. The average Bonchev–Trinajstić information content (AvgIpc) is 3.03. The van der Waals surface area contributed by atoms with Gasteiger partial charge in [-0.15, -0.1) is 0 Å². The first kappa shape index (κ1) is 18.1. The van der Waals surface area contributed by atoms with Crippen LogP contribution in [-0.4, -0.2) is 29.4 Å². The van der Waals surface area contributed by atoms with Gasteiger partial charge in [-0.25, -0.2) is 4.68 Å². The number of carbonyl (C=O) groups is 1. The van der Waals surface area contributed by atoms with Crippen LogP contribution in [-0.2, 0) is 0 Å². The maximum absolute atomic E-state index is 12.6. The predicted molar refractivity (Wildman–Crippen MR) is 94.4 cm³/mol. The number of halogens is 1. The molecule has 1 heterocycles. The zero-order chi connectivity index (χ0) is 17.7. The van der Waals surface area contributed by atoms with E-state index in [9.17, 15) is 4.79 Å². The minimum Gasteiger partial charge on any atom is -0.493 e. The fraction of sp³-hybridized carbons (Fsp3) is 0.412. The van der Waals surface area contributed by atoms with Gasteiger partial charge >= 0.3 is 0 Å². The number of aromatic nitrogens is 2. The number of ether oxygens (including phenoxy) is 2. The summed E-state index contributed by atoms with van der Waals surface area (Å²) in [5, 5.41) is 7.44. The second-order valence-electron chi connectivity index (χ2n) is 5.29. The number of carbonyl (C=O) groups excluding carboxylic acids is 1. The van der Waals surface area contributed by atoms with Gasteiger partial charge in [-0.1, -0.05) is 18.5 Å². The standard InChI is InChI=1S/C17H22ClN3O3/c1-5-11(3)21-15(7-8-19-21)20-17(22)12-9-13(18)16(24-6-2)14(10-12)23-4/h7-11H,5-6H2,1-4H3,(H,20,22). The summed E-state index contributed by atoms with van der Waals surface area (Å²) in [6, 6.07) is 5.12. The molecule has 6 nitrogen and oxygen atoms in total. The Bertz CT molecular complexity index is 715. The molecule has 1 atom stereocenters. The first-order valence-corrected chi connectivity index (χ1v) is 8.24. The van der Waals surface area contributed by atoms with Crippen LogP contribution in [0.1, 0.15) is 43.6 Å². The summed E-state index contributed by atoms with van der Waals surface area (Å²) in [4.78, 5) is 12.6. The Hall–Kier alpha value is -2.21. The van der Waals surface area contributed by atoms with Crippen LogP contribution in [0.15, 0.2) is 24.4 Å². The minimum absolute atomic E-state index is 0.189. The second-order valence-corrected chi connectivity index (χ2v) is 5.70. The normalized spacial score (nSPS) is 11.9. The van der Waals surface area contributed by atoms with Crippen LogP contribution in [0.5, 0.6) is 11.5 Å². The molecule has 0 saturated heterocycles. The van der Waals surface area contributed by atoms with Gasteiger partial charge in [0.05, 0.1) is 31.0 Å². The maximum Gasteiger partial charge on any atom is 0.257 e. The Morgan fingerprint density at radius 3 is 2.79 bits per heavy atom. The number of amides is 1. The van der Waals surface area contributed by atoms with E-state index in [1.165, 1.54) is 7.11 Å². The molecule has 0 saturated carbocycles. The van der Waals surface area contributed by atoms with Crippen molar-refractivity contribution in [2.24, 2.45) is 0 Å². The van der Waals surface area contributed by atoms with E-state index in [2.05, 4.69) is 17.3 Å². The molecule has 2 aromatic rings. The van der Waals surface area contributed by atoms with Crippen molar-refractivity contribution in [1.82, 2.24) is 9.78 Å². The van der Waals surface area contributed by atoms with Crippen molar-refractivity contribution in [3.63, 3.8) is 0 Å². The third-order valence-corrected chi connectivity index (χ3v) is 3.98. The number of hydrogen-bond acceptors (Lipinski definition) is 4. The van der Waals surface area contributed by atoms with Crippen molar-refractivity contribution in [3.05, 3.63) is 35.0 Å².